The van der Waals surface area contributed by atoms with Crippen molar-refractivity contribution in [3.05, 3.63) is 85.2 Å². The molecular formula is C21H17N5O4S. The molecule has 0 saturated heterocycles. The lowest BCUT2D eigenvalue weighted by Gasteiger charge is -2.10. The molecule has 156 valence electrons. The van der Waals surface area contributed by atoms with E-state index < -0.39 is 10.0 Å². The summed E-state index contributed by atoms with van der Waals surface area (Å²) in [5.74, 6) is 1.28. The molecule has 0 aliphatic rings. The van der Waals surface area contributed by atoms with Gasteiger partial charge in [-0.3, -0.25) is 14.1 Å². The van der Waals surface area contributed by atoms with Crippen LogP contribution in [0.5, 0.6) is 11.6 Å². The van der Waals surface area contributed by atoms with Gasteiger partial charge >= 0.3 is 0 Å². The Hall–Kier alpha value is -4.05. The van der Waals surface area contributed by atoms with Crippen LogP contribution in [0.25, 0.3) is 5.82 Å². The molecule has 4 rings (SSSR count). The van der Waals surface area contributed by atoms with Crippen molar-refractivity contribution in [1.82, 2.24) is 19.5 Å². The average molecular weight is 435 g/mol. The Kier molecular flexibility index (Phi) is 5.46. The first-order chi connectivity index (χ1) is 14.9. The first kappa shape index (κ1) is 20.2. The number of rotatable bonds is 7. The van der Waals surface area contributed by atoms with Crippen molar-refractivity contribution in [2.24, 2.45) is 0 Å². The molecule has 0 aliphatic carbocycles. The number of carbonyl (C=O) groups excluding carboxylic acids is 1. The van der Waals surface area contributed by atoms with E-state index in [0.29, 0.717) is 28.7 Å². The first-order valence-corrected chi connectivity index (χ1v) is 10.6. The normalized spacial score (nSPS) is 11.1. The van der Waals surface area contributed by atoms with Gasteiger partial charge in [-0.1, -0.05) is 12.1 Å². The highest BCUT2D eigenvalue weighted by molar-refractivity contribution is 7.92. The molecule has 2 heterocycles. The second-order valence-electron chi connectivity index (χ2n) is 6.50. The van der Waals surface area contributed by atoms with Gasteiger partial charge in [0.1, 0.15) is 24.2 Å². The van der Waals surface area contributed by atoms with Gasteiger partial charge in [-0.25, -0.2) is 23.4 Å². The lowest BCUT2D eigenvalue weighted by Crippen LogP contribution is -2.13. The third-order valence-electron chi connectivity index (χ3n) is 4.30. The lowest BCUT2D eigenvalue weighted by atomic mass is 10.2. The van der Waals surface area contributed by atoms with Crippen LogP contribution >= 0.6 is 0 Å². The molecule has 0 atom stereocenters. The third-order valence-corrected chi connectivity index (χ3v) is 5.69. The number of hydrogen-bond donors (Lipinski definition) is 1. The number of carbonyl (C=O) groups is 1. The van der Waals surface area contributed by atoms with E-state index in [0.717, 1.165) is 0 Å². The van der Waals surface area contributed by atoms with Gasteiger partial charge in [0.15, 0.2) is 5.78 Å². The van der Waals surface area contributed by atoms with Crippen molar-refractivity contribution >= 4 is 21.5 Å². The maximum absolute atomic E-state index is 12.6. The highest BCUT2D eigenvalue weighted by Crippen LogP contribution is 2.24. The number of ether oxygens (including phenoxy) is 1. The van der Waals surface area contributed by atoms with Gasteiger partial charge in [-0.05, 0) is 43.3 Å². The van der Waals surface area contributed by atoms with Gasteiger partial charge in [-0.2, -0.15) is 0 Å². The fourth-order valence-corrected chi connectivity index (χ4v) is 3.77. The summed E-state index contributed by atoms with van der Waals surface area (Å²) in [6.07, 6.45) is 6.38. The van der Waals surface area contributed by atoms with Crippen molar-refractivity contribution < 1.29 is 17.9 Å². The SMILES string of the molecule is CC(=O)c1ccc(S(=O)(=O)Nc2ccc(Oc3cc(-n4ccnc4)ncn3)cc2)cc1. The summed E-state index contributed by atoms with van der Waals surface area (Å²) in [7, 11) is -3.79. The quantitative estimate of drug-likeness (QED) is 0.442. The van der Waals surface area contributed by atoms with E-state index in [4.69, 9.17) is 4.74 Å². The van der Waals surface area contributed by atoms with Crippen molar-refractivity contribution in [2.75, 3.05) is 4.72 Å². The topological polar surface area (TPSA) is 116 Å². The van der Waals surface area contributed by atoms with Crippen molar-refractivity contribution in [1.29, 1.82) is 0 Å². The van der Waals surface area contributed by atoms with Crippen molar-refractivity contribution in [3.63, 3.8) is 0 Å². The Morgan fingerprint density at radius 2 is 1.77 bits per heavy atom. The van der Waals surface area contributed by atoms with Gasteiger partial charge in [0, 0.05) is 29.7 Å². The monoisotopic (exact) mass is 435 g/mol. The summed E-state index contributed by atoms with van der Waals surface area (Å²) in [4.78, 5) is 23.6. The summed E-state index contributed by atoms with van der Waals surface area (Å²) in [6, 6.07) is 13.8. The van der Waals surface area contributed by atoms with Crippen LogP contribution < -0.4 is 9.46 Å². The number of aromatic nitrogens is 4. The van der Waals surface area contributed by atoms with Gasteiger partial charge in [0.2, 0.25) is 5.88 Å². The Morgan fingerprint density at radius 1 is 1.03 bits per heavy atom. The molecule has 0 radical (unpaired) electrons. The van der Waals surface area contributed by atoms with E-state index in [-0.39, 0.29) is 10.7 Å². The molecule has 0 unspecified atom stereocenters. The van der Waals surface area contributed by atoms with Gasteiger partial charge < -0.3 is 4.74 Å². The molecule has 2 aromatic carbocycles. The molecule has 0 aliphatic heterocycles. The van der Waals surface area contributed by atoms with Gasteiger partial charge in [-0.15, -0.1) is 0 Å². The van der Waals surface area contributed by atoms with E-state index in [1.54, 1.807) is 53.6 Å². The molecule has 9 nitrogen and oxygen atoms in total. The number of nitrogens with one attached hydrogen (secondary N) is 1. The van der Waals surface area contributed by atoms with Crippen LogP contribution in [-0.2, 0) is 10.0 Å². The Morgan fingerprint density at radius 3 is 2.42 bits per heavy atom. The molecular weight excluding hydrogens is 418 g/mol. The molecule has 4 aromatic rings. The predicted octanol–water partition coefficient (Wildman–Crippen LogP) is 3.46. The maximum Gasteiger partial charge on any atom is 0.261 e. The second-order valence-corrected chi connectivity index (χ2v) is 8.18. The zero-order valence-corrected chi connectivity index (χ0v) is 17.2. The fraction of sp³-hybridized carbons (Fsp3) is 0.0476. The molecule has 0 fully saturated rings. The highest BCUT2D eigenvalue weighted by Gasteiger charge is 2.15. The minimum absolute atomic E-state index is 0.0610. The Bertz CT molecular complexity index is 1300. The Labute approximate surface area is 178 Å². The standard InChI is InChI=1S/C21H17N5O4S/c1-15(27)16-2-8-19(9-3-16)31(28,29)25-17-4-6-18(7-5-17)30-21-12-20(23-13-24-21)26-11-10-22-14-26/h2-14,25H,1H3. The van der Waals surface area contributed by atoms with E-state index >= 15 is 0 Å². The molecule has 2 aromatic heterocycles. The molecule has 10 heteroatoms. The molecule has 31 heavy (non-hydrogen) atoms. The van der Waals surface area contributed by atoms with Crippen molar-refractivity contribution in [3.8, 4) is 17.4 Å². The van der Waals surface area contributed by atoms with Crippen LogP contribution in [0.4, 0.5) is 5.69 Å². The summed E-state index contributed by atoms with van der Waals surface area (Å²) in [6.45, 7) is 1.42. The van der Waals surface area contributed by atoms with Crippen LogP contribution in [0.2, 0.25) is 0 Å². The summed E-state index contributed by atoms with van der Waals surface area (Å²) >= 11 is 0. The number of anilines is 1. The highest BCUT2D eigenvalue weighted by atomic mass is 32.2. The Balaban J connectivity index is 1.46. The van der Waals surface area contributed by atoms with Crippen molar-refractivity contribution in [2.45, 2.75) is 11.8 Å². The number of benzene rings is 2. The van der Waals surface area contributed by atoms with Crippen LogP contribution in [0.3, 0.4) is 0 Å². The number of ketones is 1. The molecule has 0 amide bonds. The van der Waals surface area contributed by atoms with Gasteiger partial charge in [0.25, 0.3) is 10.0 Å². The number of imidazole rings is 1. The number of sulfonamides is 1. The third kappa shape index (κ3) is 4.75. The number of Topliss-reactive ketones (excluding diaryl/α,β-unsaturated/α-hetero) is 1. The first-order valence-electron chi connectivity index (χ1n) is 9.13. The largest absolute Gasteiger partial charge is 0.439 e. The number of nitrogens with zero attached hydrogens (tertiary/aromatic N) is 4. The molecule has 0 bridgehead atoms. The number of hydrogen-bond acceptors (Lipinski definition) is 7. The summed E-state index contributed by atoms with van der Waals surface area (Å²) in [5.41, 5.74) is 0.811. The minimum atomic E-state index is -3.79. The molecule has 0 saturated carbocycles. The van der Waals surface area contributed by atoms with E-state index in [1.165, 1.54) is 37.5 Å². The summed E-state index contributed by atoms with van der Waals surface area (Å²) in [5, 5.41) is 0. The second kappa shape index (κ2) is 8.36. The van der Waals surface area contributed by atoms with E-state index in [9.17, 15) is 13.2 Å². The lowest BCUT2D eigenvalue weighted by molar-refractivity contribution is 0.101. The smallest absolute Gasteiger partial charge is 0.261 e. The van der Waals surface area contributed by atoms with E-state index in [1.807, 2.05) is 0 Å². The van der Waals surface area contributed by atoms with Crippen LogP contribution in [0.1, 0.15) is 17.3 Å². The van der Waals surface area contributed by atoms with Crippen LogP contribution in [0.15, 0.2) is 84.5 Å². The minimum Gasteiger partial charge on any atom is -0.439 e. The fourth-order valence-electron chi connectivity index (χ4n) is 2.72. The van der Waals surface area contributed by atoms with Crippen LogP contribution in [0, 0.1) is 0 Å². The van der Waals surface area contributed by atoms with Crippen LogP contribution in [-0.4, -0.2) is 33.7 Å². The van der Waals surface area contributed by atoms with Gasteiger partial charge in [0.05, 0.1) is 4.90 Å². The maximum atomic E-state index is 12.6. The van der Waals surface area contributed by atoms with E-state index in [2.05, 4.69) is 19.7 Å². The average Bonchev–Trinajstić information content (AvgIpc) is 3.30. The zero-order chi connectivity index (χ0) is 21.8. The summed E-state index contributed by atoms with van der Waals surface area (Å²) < 4.78 is 35.1. The predicted molar refractivity (Wildman–Crippen MR) is 113 cm³/mol. The molecule has 1 N–H and O–H groups in total. The molecule has 0 spiro atoms. The zero-order valence-electron chi connectivity index (χ0n) is 16.3.